The lowest BCUT2D eigenvalue weighted by Crippen LogP contribution is -2.24. The van der Waals surface area contributed by atoms with Gasteiger partial charge in [-0.15, -0.1) is 21.5 Å². The minimum Gasteiger partial charge on any atom is -0.494 e. The number of nitrogens with zero attached hydrogens (tertiary/aromatic N) is 3. The lowest BCUT2D eigenvalue weighted by Gasteiger charge is -2.13. The van der Waals surface area contributed by atoms with Gasteiger partial charge >= 0.3 is 6.18 Å². The van der Waals surface area contributed by atoms with E-state index in [0.29, 0.717) is 22.9 Å². The third kappa shape index (κ3) is 6.92. The molecule has 4 rings (SSSR count). The van der Waals surface area contributed by atoms with Crippen molar-refractivity contribution in [2.45, 2.75) is 24.8 Å². The number of thioether (sulfide) groups is 1. The van der Waals surface area contributed by atoms with Crippen LogP contribution in [-0.4, -0.2) is 38.9 Å². The molecule has 2 amide bonds. The number of amides is 2. The maximum absolute atomic E-state index is 13.4. The van der Waals surface area contributed by atoms with Gasteiger partial charge < -0.3 is 15.4 Å². The van der Waals surface area contributed by atoms with Gasteiger partial charge in [0.25, 0.3) is 5.91 Å². The van der Waals surface area contributed by atoms with Crippen molar-refractivity contribution in [2.24, 2.45) is 0 Å². The predicted octanol–water partition coefficient (Wildman–Crippen LogP) is 5.41. The first kappa shape index (κ1) is 27.2. The summed E-state index contributed by atoms with van der Waals surface area (Å²) in [6.45, 7) is 2.31. The van der Waals surface area contributed by atoms with Crippen molar-refractivity contribution < 1.29 is 27.5 Å². The zero-order valence-electron chi connectivity index (χ0n) is 20.0. The minimum atomic E-state index is -4.55. The number of aromatic nitrogens is 3. The summed E-state index contributed by atoms with van der Waals surface area (Å²) < 4.78 is 46.9. The number of alkyl halides is 3. The number of anilines is 1. The van der Waals surface area contributed by atoms with Gasteiger partial charge in [-0.05, 0) is 60.8 Å². The Morgan fingerprint density at radius 3 is 2.55 bits per heavy atom. The molecular weight excluding hydrogens is 539 g/mol. The van der Waals surface area contributed by atoms with E-state index < -0.39 is 11.7 Å². The first-order valence-corrected chi connectivity index (χ1v) is 13.2. The minimum absolute atomic E-state index is 0.0775. The fourth-order valence-electron chi connectivity index (χ4n) is 3.37. The second-order valence-corrected chi connectivity index (χ2v) is 9.63. The number of halogens is 3. The Bertz CT molecular complexity index is 1390. The number of ether oxygens (including phenoxy) is 1. The summed E-state index contributed by atoms with van der Waals surface area (Å²) in [5.41, 5.74) is -0.128. The van der Waals surface area contributed by atoms with Crippen molar-refractivity contribution in [1.82, 2.24) is 20.1 Å². The van der Waals surface area contributed by atoms with Crippen LogP contribution < -0.4 is 15.4 Å². The average Bonchev–Trinajstić information content (AvgIpc) is 3.57. The SMILES string of the molecule is CCOc1ccc(NC(=O)CSc2nnc(CNC(=O)c3cccs3)n2-c2cccc(C(F)(F)F)c2)cc1. The molecule has 0 spiro atoms. The Kier molecular flexibility index (Phi) is 8.69. The van der Waals surface area contributed by atoms with Gasteiger partial charge in [-0.1, -0.05) is 23.9 Å². The summed E-state index contributed by atoms with van der Waals surface area (Å²) in [7, 11) is 0. The van der Waals surface area contributed by atoms with E-state index in [1.807, 2.05) is 6.92 Å². The maximum atomic E-state index is 13.4. The number of rotatable bonds is 10. The van der Waals surface area contributed by atoms with Crippen molar-refractivity contribution in [2.75, 3.05) is 17.7 Å². The van der Waals surface area contributed by atoms with Crippen LogP contribution in [0.2, 0.25) is 0 Å². The molecule has 2 aromatic heterocycles. The lowest BCUT2D eigenvalue weighted by molar-refractivity contribution is -0.137. The molecule has 0 radical (unpaired) electrons. The molecule has 13 heteroatoms. The van der Waals surface area contributed by atoms with Crippen LogP contribution >= 0.6 is 23.1 Å². The molecule has 0 fully saturated rings. The monoisotopic (exact) mass is 561 g/mol. The number of hydrogen-bond acceptors (Lipinski definition) is 7. The number of benzene rings is 2. The molecule has 198 valence electrons. The maximum Gasteiger partial charge on any atom is 0.416 e. The van der Waals surface area contributed by atoms with Crippen molar-refractivity contribution in [3.63, 3.8) is 0 Å². The second kappa shape index (κ2) is 12.1. The van der Waals surface area contributed by atoms with Gasteiger partial charge in [0, 0.05) is 5.69 Å². The molecule has 0 bridgehead atoms. The lowest BCUT2D eigenvalue weighted by atomic mass is 10.2. The highest BCUT2D eigenvalue weighted by Gasteiger charge is 2.31. The van der Waals surface area contributed by atoms with Crippen molar-refractivity contribution in [3.8, 4) is 11.4 Å². The molecule has 2 aromatic carbocycles. The molecule has 38 heavy (non-hydrogen) atoms. The van der Waals surface area contributed by atoms with Gasteiger partial charge in [0.2, 0.25) is 5.91 Å². The Morgan fingerprint density at radius 1 is 1.08 bits per heavy atom. The summed E-state index contributed by atoms with van der Waals surface area (Å²) in [4.78, 5) is 25.4. The van der Waals surface area contributed by atoms with Crippen LogP contribution in [0.25, 0.3) is 5.69 Å². The third-order valence-electron chi connectivity index (χ3n) is 5.07. The van der Waals surface area contributed by atoms with Gasteiger partial charge in [-0.2, -0.15) is 13.2 Å². The largest absolute Gasteiger partial charge is 0.494 e. The highest BCUT2D eigenvalue weighted by Crippen LogP contribution is 2.32. The summed E-state index contributed by atoms with van der Waals surface area (Å²) in [6, 6.07) is 14.9. The molecule has 0 saturated heterocycles. The number of thiophene rings is 1. The molecule has 0 aliphatic heterocycles. The van der Waals surface area contributed by atoms with Crippen LogP contribution in [0.4, 0.5) is 18.9 Å². The predicted molar refractivity (Wildman–Crippen MR) is 139 cm³/mol. The highest BCUT2D eigenvalue weighted by atomic mass is 32.2. The third-order valence-corrected chi connectivity index (χ3v) is 6.86. The van der Waals surface area contributed by atoms with Crippen molar-refractivity contribution in [1.29, 1.82) is 0 Å². The first-order chi connectivity index (χ1) is 18.2. The Hall–Kier alpha value is -3.84. The topological polar surface area (TPSA) is 98.1 Å². The van der Waals surface area contributed by atoms with E-state index >= 15 is 0 Å². The molecule has 0 unspecified atom stereocenters. The highest BCUT2D eigenvalue weighted by molar-refractivity contribution is 7.99. The van der Waals surface area contributed by atoms with Crippen LogP contribution in [0.15, 0.2) is 71.2 Å². The average molecular weight is 562 g/mol. The zero-order valence-corrected chi connectivity index (χ0v) is 21.6. The van der Waals surface area contributed by atoms with Crippen LogP contribution in [0.1, 0.15) is 28.0 Å². The molecule has 8 nitrogen and oxygen atoms in total. The normalized spacial score (nSPS) is 11.3. The fourth-order valence-corrected chi connectivity index (χ4v) is 4.78. The number of hydrogen-bond donors (Lipinski definition) is 2. The number of nitrogens with one attached hydrogen (secondary N) is 2. The Morgan fingerprint density at radius 2 is 1.87 bits per heavy atom. The van der Waals surface area contributed by atoms with E-state index in [2.05, 4.69) is 20.8 Å². The molecule has 0 atom stereocenters. The first-order valence-electron chi connectivity index (χ1n) is 11.3. The van der Waals surface area contributed by atoms with Gasteiger partial charge in [0.1, 0.15) is 5.75 Å². The fraction of sp³-hybridized carbons (Fsp3) is 0.200. The number of carbonyl (C=O) groups excluding carboxylic acids is 2. The van der Waals surface area contributed by atoms with E-state index in [4.69, 9.17) is 4.74 Å². The van der Waals surface area contributed by atoms with E-state index in [0.717, 1.165) is 23.9 Å². The molecule has 4 aromatic rings. The summed E-state index contributed by atoms with van der Waals surface area (Å²) >= 11 is 2.26. The summed E-state index contributed by atoms with van der Waals surface area (Å²) in [5, 5.41) is 15.6. The molecule has 2 N–H and O–H groups in total. The van der Waals surface area contributed by atoms with Crippen LogP contribution in [0.3, 0.4) is 0 Å². The van der Waals surface area contributed by atoms with E-state index in [9.17, 15) is 22.8 Å². The Balaban J connectivity index is 1.52. The summed E-state index contributed by atoms with van der Waals surface area (Å²) in [6.07, 6.45) is -4.55. The Labute approximate surface area is 224 Å². The smallest absolute Gasteiger partial charge is 0.416 e. The van der Waals surface area contributed by atoms with Crippen LogP contribution in [0.5, 0.6) is 5.75 Å². The van der Waals surface area contributed by atoms with E-state index in [-0.39, 0.29) is 40.8 Å². The van der Waals surface area contributed by atoms with Gasteiger partial charge in [0.15, 0.2) is 11.0 Å². The van der Waals surface area contributed by atoms with Gasteiger partial charge in [-0.25, -0.2) is 0 Å². The molecule has 2 heterocycles. The van der Waals surface area contributed by atoms with Crippen LogP contribution in [0, 0.1) is 0 Å². The standard InChI is InChI=1S/C25H22F3N5O3S2/c1-2-36-19-10-8-17(9-11-19)30-22(34)15-38-24-32-31-21(14-29-23(35)20-7-4-12-37-20)33(24)18-6-3-5-16(13-18)25(26,27)28/h3-13H,2,14-15H2,1H3,(H,29,35)(H,30,34). The van der Waals surface area contributed by atoms with Crippen LogP contribution in [-0.2, 0) is 17.5 Å². The van der Waals surface area contributed by atoms with E-state index in [1.165, 1.54) is 28.0 Å². The van der Waals surface area contributed by atoms with Crippen molar-refractivity contribution in [3.05, 3.63) is 82.3 Å². The van der Waals surface area contributed by atoms with E-state index in [1.54, 1.807) is 41.8 Å². The quantitative estimate of drug-likeness (QED) is 0.252. The van der Waals surface area contributed by atoms with Gasteiger partial charge in [0.05, 0.1) is 35.0 Å². The molecule has 0 saturated carbocycles. The molecule has 0 aliphatic carbocycles. The zero-order chi connectivity index (χ0) is 27.1. The second-order valence-electron chi connectivity index (χ2n) is 7.74. The van der Waals surface area contributed by atoms with Crippen molar-refractivity contribution >= 4 is 40.6 Å². The van der Waals surface area contributed by atoms with Gasteiger partial charge in [-0.3, -0.25) is 14.2 Å². The summed E-state index contributed by atoms with van der Waals surface area (Å²) in [5.74, 6) is 0.121. The molecule has 0 aliphatic rings. The molecular formula is C25H22F3N5O3S2. The number of carbonyl (C=O) groups is 2.